The van der Waals surface area contributed by atoms with Gasteiger partial charge in [0.25, 0.3) is 0 Å². The van der Waals surface area contributed by atoms with Gasteiger partial charge in [-0.05, 0) is 44.8 Å². The number of hydrogen-bond acceptors (Lipinski definition) is 5. The summed E-state index contributed by atoms with van der Waals surface area (Å²) >= 11 is 0. The molecular weight excluding hydrogens is 323 g/mol. The minimum atomic E-state index is -0.921. The lowest BCUT2D eigenvalue weighted by Gasteiger charge is -2.32. The van der Waals surface area contributed by atoms with Gasteiger partial charge in [0.1, 0.15) is 5.75 Å². The molecule has 1 heterocycles. The molecule has 0 unspecified atom stereocenters. The second-order valence-electron chi connectivity index (χ2n) is 7.11. The molecule has 1 aromatic rings. The Morgan fingerprint density at radius 2 is 1.84 bits per heavy atom. The number of aliphatic hydroxyl groups is 1. The number of carboxylic acid groups (broad SMARTS) is 1. The summed E-state index contributed by atoms with van der Waals surface area (Å²) in [7, 11) is 0.856. The number of ether oxygens (including phenoxy) is 1. The predicted molar refractivity (Wildman–Crippen MR) is 95.5 cm³/mol. The number of aliphatic hydroxyl groups excluding tert-OH is 1. The Hall–Kier alpha value is -1.83. The summed E-state index contributed by atoms with van der Waals surface area (Å²) in [6.07, 6.45) is 1.66. The van der Waals surface area contributed by atoms with Gasteiger partial charge in [-0.1, -0.05) is 18.2 Å². The van der Waals surface area contributed by atoms with Crippen LogP contribution < -0.4 is 4.74 Å². The van der Waals surface area contributed by atoms with Gasteiger partial charge in [-0.25, -0.2) is 0 Å². The fourth-order valence-corrected chi connectivity index (χ4v) is 2.56. The van der Waals surface area contributed by atoms with E-state index in [4.69, 9.17) is 19.2 Å². The highest BCUT2D eigenvalue weighted by Crippen LogP contribution is 2.38. The van der Waals surface area contributed by atoms with E-state index in [-0.39, 0.29) is 13.0 Å². The molecule has 1 fully saturated rings. The molecule has 6 nitrogen and oxygen atoms in total. The topological polar surface area (TPSA) is 85.2 Å². The van der Waals surface area contributed by atoms with E-state index in [1.54, 1.807) is 24.3 Å². The van der Waals surface area contributed by atoms with Crippen LogP contribution in [0.5, 0.6) is 5.75 Å². The molecule has 1 saturated heterocycles. The largest absolute Gasteiger partial charge is 0.496 e. The minimum Gasteiger partial charge on any atom is -0.496 e. The van der Waals surface area contributed by atoms with E-state index in [1.807, 2.05) is 27.7 Å². The van der Waals surface area contributed by atoms with Gasteiger partial charge in [-0.3, -0.25) is 4.79 Å². The van der Waals surface area contributed by atoms with Crippen LogP contribution in [0.2, 0.25) is 0 Å². The Kier molecular flexibility index (Phi) is 5.61. The van der Waals surface area contributed by atoms with Gasteiger partial charge in [-0.15, -0.1) is 0 Å². The van der Waals surface area contributed by atoms with Crippen LogP contribution in [-0.2, 0) is 20.5 Å². The van der Waals surface area contributed by atoms with Crippen LogP contribution in [-0.4, -0.2) is 48.2 Å². The first-order valence-corrected chi connectivity index (χ1v) is 8.15. The number of hydrogen-bond donors (Lipinski definition) is 2. The minimum absolute atomic E-state index is 0.114. The highest BCUT2D eigenvalue weighted by atomic mass is 16.7. The average Bonchev–Trinajstić information content (AvgIpc) is 2.73. The van der Waals surface area contributed by atoms with Gasteiger partial charge in [0.2, 0.25) is 0 Å². The van der Waals surface area contributed by atoms with E-state index < -0.39 is 24.3 Å². The third kappa shape index (κ3) is 4.23. The number of aliphatic carboxylic acids is 1. The molecule has 0 bridgehead atoms. The maximum absolute atomic E-state index is 10.9. The Morgan fingerprint density at radius 1 is 1.24 bits per heavy atom. The van der Waals surface area contributed by atoms with Crippen molar-refractivity contribution in [1.29, 1.82) is 0 Å². The average molecular weight is 348 g/mol. The number of benzene rings is 1. The van der Waals surface area contributed by atoms with Gasteiger partial charge >= 0.3 is 13.1 Å². The van der Waals surface area contributed by atoms with Gasteiger partial charge in [0.05, 0.1) is 31.3 Å². The SMILES string of the molecule is COc1cc(C=C(CO)B2OC(C)(C)C(C)(C)O2)ccc1CC(=O)O. The molecule has 0 aliphatic carbocycles. The maximum atomic E-state index is 10.9. The van der Waals surface area contributed by atoms with Crippen molar-refractivity contribution in [3.63, 3.8) is 0 Å². The summed E-state index contributed by atoms with van der Waals surface area (Å²) in [5.41, 5.74) is 0.967. The molecule has 1 aromatic carbocycles. The van der Waals surface area contributed by atoms with E-state index in [9.17, 15) is 9.90 Å². The molecule has 25 heavy (non-hydrogen) atoms. The zero-order chi connectivity index (χ0) is 18.8. The molecule has 1 aliphatic heterocycles. The summed E-state index contributed by atoms with van der Waals surface area (Å²) in [5, 5.41) is 18.7. The molecule has 2 rings (SSSR count). The summed E-state index contributed by atoms with van der Waals surface area (Å²) in [5.74, 6) is -0.433. The Balaban J connectivity index is 2.30. The van der Waals surface area contributed by atoms with Crippen molar-refractivity contribution >= 4 is 19.2 Å². The van der Waals surface area contributed by atoms with Crippen molar-refractivity contribution in [3.8, 4) is 5.75 Å². The monoisotopic (exact) mass is 348 g/mol. The maximum Gasteiger partial charge on any atom is 0.492 e. The molecule has 0 amide bonds. The van der Waals surface area contributed by atoms with E-state index in [0.717, 1.165) is 5.56 Å². The Bertz CT molecular complexity index is 664. The van der Waals surface area contributed by atoms with Crippen LogP contribution in [0.15, 0.2) is 23.7 Å². The van der Waals surface area contributed by atoms with Gasteiger partial charge in [0, 0.05) is 5.56 Å². The highest BCUT2D eigenvalue weighted by molar-refractivity contribution is 6.55. The molecule has 7 heteroatoms. The molecule has 136 valence electrons. The third-order valence-corrected chi connectivity index (χ3v) is 4.74. The van der Waals surface area contributed by atoms with Crippen molar-refractivity contribution in [2.75, 3.05) is 13.7 Å². The molecule has 0 spiro atoms. The van der Waals surface area contributed by atoms with Crippen molar-refractivity contribution in [2.24, 2.45) is 0 Å². The molecular formula is C18H25BO6. The Morgan fingerprint density at radius 3 is 2.32 bits per heavy atom. The molecule has 0 saturated carbocycles. The second kappa shape index (κ2) is 7.19. The molecule has 0 atom stereocenters. The highest BCUT2D eigenvalue weighted by Gasteiger charge is 2.52. The van der Waals surface area contributed by atoms with E-state index in [0.29, 0.717) is 16.8 Å². The number of carbonyl (C=O) groups is 1. The van der Waals surface area contributed by atoms with Crippen molar-refractivity contribution < 1.29 is 29.1 Å². The van der Waals surface area contributed by atoms with Gasteiger partial charge in [0.15, 0.2) is 0 Å². The quantitative estimate of drug-likeness (QED) is 0.768. The summed E-state index contributed by atoms with van der Waals surface area (Å²) in [4.78, 5) is 10.9. The predicted octanol–water partition coefficient (Wildman–Crippen LogP) is 2.33. The van der Waals surface area contributed by atoms with Crippen LogP contribution in [0.1, 0.15) is 38.8 Å². The second-order valence-corrected chi connectivity index (χ2v) is 7.11. The van der Waals surface area contributed by atoms with Crippen LogP contribution >= 0.6 is 0 Å². The lowest BCUT2D eigenvalue weighted by atomic mass is 9.77. The first-order valence-electron chi connectivity index (χ1n) is 8.15. The molecule has 2 N–H and O–H groups in total. The number of carboxylic acids is 1. The van der Waals surface area contributed by atoms with Crippen molar-refractivity contribution in [2.45, 2.75) is 45.3 Å². The van der Waals surface area contributed by atoms with Crippen LogP contribution in [0, 0.1) is 0 Å². The zero-order valence-corrected chi connectivity index (χ0v) is 15.3. The van der Waals surface area contributed by atoms with Crippen LogP contribution in [0.3, 0.4) is 0 Å². The lowest BCUT2D eigenvalue weighted by Crippen LogP contribution is -2.41. The van der Waals surface area contributed by atoms with Gasteiger partial charge < -0.3 is 24.3 Å². The van der Waals surface area contributed by atoms with Crippen molar-refractivity contribution in [1.82, 2.24) is 0 Å². The molecule has 0 radical (unpaired) electrons. The van der Waals surface area contributed by atoms with Crippen molar-refractivity contribution in [3.05, 3.63) is 34.8 Å². The van der Waals surface area contributed by atoms with E-state index in [1.165, 1.54) is 7.11 Å². The van der Waals surface area contributed by atoms with E-state index >= 15 is 0 Å². The summed E-state index contributed by atoms with van der Waals surface area (Å²) in [6, 6.07) is 5.22. The standard InChI is InChI=1S/C18H25BO6/c1-17(2)18(3,4)25-19(24-17)14(11-20)8-12-6-7-13(10-16(21)22)15(9-12)23-5/h6-9,20H,10-11H2,1-5H3,(H,21,22). The zero-order valence-electron chi connectivity index (χ0n) is 15.3. The van der Waals surface area contributed by atoms with Crippen LogP contribution in [0.4, 0.5) is 0 Å². The number of rotatable bonds is 6. The summed E-state index contributed by atoms with van der Waals surface area (Å²) < 4.78 is 17.2. The first-order chi connectivity index (χ1) is 11.6. The fourth-order valence-electron chi connectivity index (χ4n) is 2.56. The van der Waals surface area contributed by atoms with Crippen LogP contribution in [0.25, 0.3) is 6.08 Å². The summed E-state index contributed by atoms with van der Waals surface area (Å²) in [6.45, 7) is 7.59. The Labute approximate surface area is 148 Å². The number of methoxy groups -OCH3 is 1. The third-order valence-electron chi connectivity index (χ3n) is 4.74. The van der Waals surface area contributed by atoms with E-state index in [2.05, 4.69) is 0 Å². The lowest BCUT2D eigenvalue weighted by molar-refractivity contribution is -0.136. The van der Waals surface area contributed by atoms with Gasteiger partial charge in [-0.2, -0.15) is 0 Å². The normalized spacial score (nSPS) is 19.1. The first kappa shape index (κ1) is 19.5. The smallest absolute Gasteiger partial charge is 0.492 e. The molecule has 0 aromatic heterocycles. The molecule has 1 aliphatic rings. The fraction of sp³-hybridized carbons (Fsp3) is 0.500.